The molecule has 1 saturated heterocycles. The van der Waals surface area contributed by atoms with Gasteiger partial charge in [-0.25, -0.2) is 4.79 Å². The smallest absolute Gasteiger partial charge is 0.338 e. The SMILES string of the molecule is CCCc1ccc(C2N=C(c3cccs3)NC(CN3CCOCC3)=C2C(=O)OCC)c(Cl)c1. The van der Waals surface area contributed by atoms with Gasteiger partial charge in [-0.2, -0.15) is 0 Å². The summed E-state index contributed by atoms with van der Waals surface area (Å²) in [6.07, 6.45) is 2.00. The Morgan fingerprint density at radius 1 is 1.30 bits per heavy atom. The van der Waals surface area contributed by atoms with E-state index in [1.165, 1.54) is 5.56 Å². The molecule has 0 amide bonds. The van der Waals surface area contributed by atoms with E-state index in [4.69, 9.17) is 26.1 Å². The van der Waals surface area contributed by atoms with Crippen molar-refractivity contribution in [1.82, 2.24) is 10.2 Å². The molecule has 6 nitrogen and oxygen atoms in total. The maximum absolute atomic E-state index is 13.2. The molecule has 0 spiro atoms. The highest BCUT2D eigenvalue weighted by Gasteiger charge is 2.34. The lowest BCUT2D eigenvalue weighted by molar-refractivity contribution is -0.139. The Morgan fingerprint density at radius 3 is 2.79 bits per heavy atom. The van der Waals surface area contributed by atoms with Crippen LogP contribution in [-0.4, -0.2) is 56.2 Å². The van der Waals surface area contributed by atoms with E-state index in [1.807, 2.05) is 36.6 Å². The summed E-state index contributed by atoms with van der Waals surface area (Å²) in [6, 6.07) is 9.57. The van der Waals surface area contributed by atoms with Gasteiger partial charge in [-0.1, -0.05) is 43.1 Å². The van der Waals surface area contributed by atoms with Crippen LogP contribution in [0.5, 0.6) is 0 Å². The van der Waals surface area contributed by atoms with Crippen LogP contribution in [0, 0.1) is 0 Å². The molecular weight excluding hydrogens is 458 g/mol. The quantitative estimate of drug-likeness (QED) is 0.551. The maximum atomic E-state index is 13.2. The maximum Gasteiger partial charge on any atom is 0.338 e. The fourth-order valence-electron chi connectivity index (χ4n) is 4.15. The molecule has 1 atom stereocenters. The van der Waals surface area contributed by atoms with Crippen molar-refractivity contribution in [3.8, 4) is 0 Å². The minimum absolute atomic E-state index is 0.296. The van der Waals surface area contributed by atoms with Crippen molar-refractivity contribution in [1.29, 1.82) is 0 Å². The van der Waals surface area contributed by atoms with Crippen LogP contribution in [0.25, 0.3) is 0 Å². The first-order valence-corrected chi connectivity index (χ1v) is 12.7. The summed E-state index contributed by atoms with van der Waals surface area (Å²) in [5.41, 5.74) is 3.33. The van der Waals surface area contributed by atoms with E-state index in [0.717, 1.165) is 47.9 Å². The average molecular weight is 488 g/mol. The molecule has 1 fully saturated rings. The van der Waals surface area contributed by atoms with Gasteiger partial charge in [-0.3, -0.25) is 9.89 Å². The second-order valence-corrected chi connectivity index (χ2v) is 9.44. The van der Waals surface area contributed by atoms with Crippen molar-refractivity contribution >= 4 is 34.7 Å². The van der Waals surface area contributed by atoms with Gasteiger partial charge in [0.25, 0.3) is 0 Å². The number of thiophene rings is 1. The first-order valence-electron chi connectivity index (χ1n) is 11.5. The monoisotopic (exact) mass is 487 g/mol. The topological polar surface area (TPSA) is 63.2 Å². The molecule has 2 aliphatic rings. The number of rotatable bonds is 8. The van der Waals surface area contributed by atoms with Crippen LogP contribution in [0.2, 0.25) is 5.02 Å². The van der Waals surface area contributed by atoms with Gasteiger partial charge < -0.3 is 14.8 Å². The van der Waals surface area contributed by atoms with Gasteiger partial charge in [-0.15, -0.1) is 11.3 Å². The minimum atomic E-state index is -0.540. The van der Waals surface area contributed by atoms with Gasteiger partial charge in [0, 0.05) is 35.9 Å². The molecule has 8 heteroatoms. The zero-order valence-electron chi connectivity index (χ0n) is 19.1. The fraction of sp³-hybridized carbons (Fsp3) is 0.440. The van der Waals surface area contributed by atoms with Crippen LogP contribution in [-0.2, 0) is 20.7 Å². The summed E-state index contributed by atoms with van der Waals surface area (Å²) in [5, 5.41) is 6.10. The van der Waals surface area contributed by atoms with Crippen LogP contribution in [0.1, 0.15) is 42.3 Å². The Hall–Kier alpha value is -2.19. The zero-order chi connectivity index (χ0) is 23.2. The van der Waals surface area contributed by atoms with Gasteiger partial charge in [0.05, 0.1) is 30.3 Å². The number of halogens is 1. The van der Waals surface area contributed by atoms with E-state index >= 15 is 0 Å². The van der Waals surface area contributed by atoms with Crippen molar-refractivity contribution in [3.05, 3.63) is 68.0 Å². The molecule has 0 aliphatic carbocycles. The molecule has 0 bridgehead atoms. The molecule has 33 heavy (non-hydrogen) atoms. The summed E-state index contributed by atoms with van der Waals surface area (Å²) in [5.74, 6) is 0.390. The third-order valence-electron chi connectivity index (χ3n) is 5.76. The van der Waals surface area contributed by atoms with Crippen LogP contribution in [0.3, 0.4) is 0 Å². The molecule has 1 aromatic carbocycles. The summed E-state index contributed by atoms with van der Waals surface area (Å²) < 4.78 is 11.0. The lowest BCUT2D eigenvalue weighted by atomic mass is 9.93. The van der Waals surface area contributed by atoms with Gasteiger partial charge in [0.15, 0.2) is 0 Å². The average Bonchev–Trinajstić information content (AvgIpc) is 3.35. The Bertz CT molecular complexity index is 1030. The molecule has 1 unspecified atom stereocenters. The number of carbonyl (C=O) groups is 1. The Kier molecular flexibility index (Phi) is 8.20. The van der Waals surface area contributed by atoms with E-state index < -0.39 is 6.04 Å². The lowest BCUT2D eigenvalue weighted by Gasteiger charge is -2.32. The van der Waals surface area contributed by atoms with Crippen molar-refractivity contribution in [2.75, 3.05) is 39.5 Å². The molecule has 2 aliphatic heterocycles. The molecule has 2 aromatic rings. The second-order valence-electron chi connectivity index (χ2n) is 8.09. The number of esters is 1. The van der Waals surface area contributed by atoms with Gasteiger partial charge >= 0.3 is 5.97 Å². The highest BCUT2D eigenvalue weighted by Crippen LogP contribution is 2.37. The van der Waals surface area contributed by atoms with Gasteiger partial charge in [-0.05, 0) is 36.4 Å². The van der Waals surface area contributed by atoms with Crippen LogP contribution < -0.4 is 5.32 Å². The molecule has 1 aromatic heterocycles. The van der Waals surface area contributed by atoms with Gasteiger partial charge in [0.1, 0.15) is 11.9 Å². The van der Waals surface area contributed by atoms with Crippen molar-refractivity contribution in [3.63, 3.8) is 0 Å². The predicted octanol–water partition coefficient (Wildman–Crippen LogP) is 4.59. The van der Waals surface area contributed by atoms with Gasteiger partial charge in [0.2, 0.25) is 0 Å². The van der Waals surface area contributed by atoms with E-state index in [-0.39, 0.29) is 5.97 Å². The molecule has 1 N–H and O–H groups in total. The summed E-state index contributed by atoms with van der Waals surface area (Å²) in [4.78, 5) is 21.5. The van der Waals surface area contributed by atoms with Crippen LogP contribution in [0.4, 0.5) is 0 Å². The summed E-state index contributed by atoms with van der Waals surface area (Å²) >= 11 is 8.38. The Balaban J connectivity index is 1.79. The first-order chi connectivity index (χ1) is 16.1. The largest absolute Gasteiger partial charge is 0.463 e. The second kappa shape index (κ2) is 11.3. The third kappa shape index (κ3) is 5.66. The zero-order valence-corrected chi connectivity index (χ0v) is 20.7. The molecule has 4 rings (SSSR count). The number of aryl methyl sites for hydroxylation is 1. The number of amidine groups is 1. The minimum Gasteiger partial charge on any atom is -0.463 e. The Labute approximate surface area is 204 Å². The van der Waals surface area contributed by atoms with E-state index in [1.54, 1.807) is 11.3 Å². The number of benzene rings is 1. The molecule has 3 heterocycles. The normalized spacial score (nSPS) is 19.2. The number of hydrogen-bond donors (Lipinski definition) is 1. The highest BCUT2D eigenvalue weighted by atomic mass is 35.5. The summed E-state index contributed by atoms with van der Waals surface area (Å²) in [7, 11) is 0. The van der Waals surface area contributed by atoms with Crippen LogP contribution >= 0.6 is 22.9 Å². The standard InChI is InChI=1S/C25H30ClN3O3S/c1-3-6-17-8-9-18(19(26)15-17)23-22(25(30)32-4-2)20(16-29-10-12-31-13-11-29)27-24(28-23)21-7-5-14-33-21/h5,7-9,14-15,23H,3-4,6,10-13,16H2,1-2H3,(H,27,28). The Morgan fingerprint density at radius 2 is 2.12 bits per heavy atom. The van der Waals surface area contributed by atoms with E-state index in [0.29, 0.717) is 37.0 Å². The molecule has 176 valence electrons. The number of nitrogens with one attached hydrogen (secondary N) is 1. The molecule has 0 saturated carbocycles. The fourth-order valence-corrected chi connectivity index (χ4v) is 5.14. The van der Waals surface area contributed by atoms with Crippen LogP contribution in [0.15, 0.2) is 52.0 Å². The van der Waals surface area contributed by atoms with Crippen molar-refractivity contribution < 1.29 is 14.3 Å². The number of ether oxygens (including phenoxy) is 2. The predicted molar refractivity (Wildman–Crippen MR) is 133 cm³/mol. The van der Waals surface area contributed by atoms with Crippen molar-refractivity contribution in [2.24, 2.45) is 4.99 Å². The highest BCUT2D eigenvalue weighted by molar-refractivity contribution is 7.12. The van der Waals surface area contributed by atoms with E-state index in [9.17, 15) is 4.79 Å². The molecule has 0 radical (unpaired) electrons. The number of hydrogen-bond acceptors (Lipinski definition) is 7. The number of nitrogens with zero attached hydrogens (tertiary/aromatic N) is 2. The number of aliphatic imine (C=N–C) groups is 1. The van der Waals surface area contributed by atoms with E-state index in [2.05, 4.69) is 23.2 Å². The third-order valence-corrected chi connectivity index (χ3v) is 6.96. The lowest BCUT2D eigenvalue weighted by Crippen LogP contribution is -2.43. The molecular formula is C25H30ClN3O3S. The summed E-state index contributed by atoms with van der Waals surface area (Å²) in [6.45, 7) is 7.83. The first kappa shape index (κ1) is 24.0. The number of carbonyl (C=O) groups excluding carboxylic acids is 1. The van der Waals surface area contributed by atoms with Crippen molar-refractivity contribution in [2.45, 2.75) is 32.7 Å². The number of morpholine rings is 1.